The first-order valence-corrected chi connectivity index (χ1v) is 10.2. The number of carboxylic acids is 1. The van der Waals surface area contributed by atoms with Gasteiger partial charge >= 0.3 is 5.97 Å². The molecule has 3 nitrogen and oxygen atoms in total. The van der Waals surface area contributed by atoms with E-state index in [0.717, 1.165) is 42.4 Å². The molecule has 0 aromatic heterocycles. The minimum absolute atomic E-state index is 0.136. The average Bonchev–Trinajstić information content (AvgIpc) is 2.76. The maximum absolute atomic E-state index is 13.1. The number of hydrogen-bond acceptors (Lipinski definition) is 2. The quantitative estimate of drug-likeness (QED) is 0.342. The van der Waals surface area contributed by atoms with E-state index >= 15 is 0 Å². The second kappa shape index (κ2) is 9.83. The van der Waals surface area contributed by atoms with Gasteiger partial charge in [-0.05, 0) is 35.6 Å². The molecule has 0 unspecified atom stereocenters. The first-order valence-electron chi connectivity index (χ1n) is 10.2. The Morgan fingerprint density at radius 3 is 2.07 bits per heavy atom. The van der Waals surface area contributed by atoms with Crippen molar-refractivity contribution in [2.45, 2.75) is 39.0 Å². The van der Waals surface area contributed by atoms with E-state index in [2.05, 4.69) is 6.92 Å². The maximum atomic E-state index is 13.1. The summed E-state index contributed by atoms with van der Waals surface area (Å²) in [4.78, 5) is 25.4. The number of aromatic carboxylic acids is 1. The van der Waals surface area contributed by atoms with Gasteiger partial charge in [0.25, 0.3) is 0 Å². The van der Waals surface area contributed by atoms with Crippen LogP contribution < -0.4 is 0 Å². The highest BCUT2D eigenvalue weighted by molar-refractivity contribution is 6.15. The summed E-state index contributed by atoms with van der Waals surface area (Å²) in [5.74, 6) is -1.30. The predicted octanol–water partition coefficient (Wildman–Crippen LogP) is 6.41. The molecule has 0 fully saturated rings. The summed E-state index contributed by atoms with van der Waals surface area (Å²) in [6.07, 6.45) is 4.81. The second-order valence-electron chi connectivity index (χ2n) is 7.19. The smallest absolute Gasteiger partial charge is 0.336 e. The zero-order valence-electron chi connectivity index (χ0n) is 16.7. The van der Waals surface area contributed by atoms with Crippen molar-refractivity contribution in [2.24, 2.45) is 0 Å². The van der Waals surface area contributed by atoms with Crippen LogP contribution in [0.5, 0.6) is 0 Å². The highest BCUT2D eigenvalue weighted by atomic mass is 16.4. The topological polar surface area (TPSA) is 54.4 Å². The summed E-state index contributed by atoms with van der Waals surface area (Å²) < 4.78 is 0. The number of ketones is 1. The van der Waals surface area contributed by atoms with Crippen LogP contribution in [0.1, 0.15) is 64.4 Å². The molecule has 0 aliphatic carbocycles. The van der Waals surface area contributed by atoms with E-state index in [-0.39, 0.29) is 16.9 Å². The molecule has 0 spiro atoms. The third-order valence-electron chi connectivity index (χ3n) is 5.17. The summed E-state index contributed by atoms with van der Waals surface area (Å²) >= 11 is 0. The molecule has 3 aromatic rings. The lowest BCUT2D eigenvalue weighted by Crippen LogP contribution is -2.14. The van der Waals surface area contributed by atoms with Crippen LogP contribution in [0.25, 0.3) is 11.1 Å². The number of carboxylic acid groups (broad SMARTS) is 1. The summed E-state index contributed by atoms with van der Waals surface area (Å²) in [6.45, 7) is 2.15. The summed E-state index contributed by atoms with van der Waals surface area (Å²) in [6, 6.07) is 22.2. The molecule has 0 aliphatic rings. The van der Waals surface area contributed by atoms with Crippen molar-refractivity contribution in [2.75, 3.05) is 0 Å². The van der Waals surface area contributed by atoms with Crippen LogP contribution in [-0.4, -0.2) is 16.9 Å². The van der Waals surface area contributed by atoms with Crippen LogP contribution in [0.2, 0.25) is 0 Å². The highest BCUT2D eigenvalue weighted by Crippen LogP contribution is 2.31. The van der Waals surface area contributed by atoms with Gasteiger partial charge in [-0.15, -0.1) is 0 Å². The van der Waals surface area contributed by atoms with Gasteiger partial charge < -0.3 is 5.11 Å². The zero-order chi connectivity index (χ0) is 20.6. The van der Waals surface area contributed by atoms with Crippen LogP contribution >= 0.6 is 0 Å². The molecule has 0 atom stereocenters. The lowest BCUT2D eigenvalue weighted by Gasteiger charge is -2.17. The Hall–Kier alpha value is -3.20. The molecule has 0 saturated heterocycles. The summed E-state index contributed by atoms with van der Waals surface area (Å²) in [5, 5.41) is 10.1. The fraction of sp³-hybridized carbons (Fsp3) is 0.231. The van der Waals surface area contributed by atoms with Gasteiger partial charge in [-0.25, -0.2) is 4.79 Å². The van der Waals surface area contributed by atoms with Crippen molar-refractivity contribution in [3.63, 3.8) is 0 Å². The minimum Gasteiger partial charge on any atom is -0.478 e. The average molecular weight is 386 g/mol. The number of carbonyl (C=O) groups is 2. The van der Waals surface area contributed by atoms with Crippen LogP contribution in [0, 0.1) is 0 Å². The van der Waals surface area contributed by atoms with Crippen molar-refractivity contribution in [1.82, 2.24) is 0 Å². The monoisotopic (exact) mass is 386 g/mol. The Morgan fingerprint density at radius 2 is 1.45 bits per heavy atom. The molecular weight excluding hydrogens is 360 g/mol. The molecule has 0 amide bonds. The lowest BCUT2D eigenvalue weighted by atomic mass is 9.86. The fourth-order valence-electron chi connectivity index (χ4n) is 3.70. The van der Waals surface area contributed by atoms with E-state index in [0.29, 0.717) is 12.0 Å². The highest BCUT2D eigenvalue weighted by Gasteiger charge is 2.24. The van der Waals surface area contributed by atoms with Crippen LogP contribution in [0.15, 0.2) is 72.8 Å². The number of hydrogen-bond donors (Lipinski definition) is 1. The first-order chi connectivity index (χ1) is 14.1. The van der Waals surface area contributed by atoms with Gasteiger partial charge in [0, 0.05) is 11.1 Å². The van der Waals surface area contributed by atoms with Crippen molar-refractivity contribution in [1.29, 1.82) is 0 Å². The molecule has 0 radical (unpaired) electrons. The molecule has 29 heavy (non-hydrogen) atoms. The van der Waals surface area contributed by atoms with Crippen molar-refractivity contribution in [3.8, 4) is 11.1 Å². The molecule has 1 N–H and O–H groups in total. The van der Waals surface area contributed by atoms with Crippen LogP contribution in [-0.2, 0) is 6.42 Å². The van der Waals surface area contributed by atoms with Gasteiger partial charge in [0.2, 0.25) is 0 Å². The van der Waals surface area contributed by atoms with Crippen molar-refractivity contribution in [3.05, 3.63) is 95.1 Å². The maximum Gasteiger partial charge on any atom is 0.336 e. The fourth-order valence-corrected chi connectivity index (χ4v) is 3.70. The SMILES string of the molecule is CCCCCCc1c(-c2ccccc2)ccc(C(=O)c2ccccc2)c1C(=O)O. The normalized spacial score (nSPS) is 10.7. The van der Waals surface area contributed by atoms with E-state index in [1.807, 2.05) is 42.5 Å². The Balaban J connectivity index is 2.13. The Kier molecular flexibility index (Phi) is 6.96. The van der Waals surface area contributed by atoms with Crippen LogP contribution in [0.3, 0.4) is 0 Å². The van der Waals surface area contributed by atoms with E-state index in [9.17, 15) is 14.7 Å². The van der Waals surface area contributed by atoms with Gasteiger partial charge in [0.05, 0.1) is 5.56 Å². The summed E-state index contributed by atoms with van der Waals surface area (Å²) in [5.41, 5.74) is 3.51. The van der Waals surface area contributed by atoms with Gasteiger partial charge in [0.1, 0.15) is 0 Å². The third-order valence-corrected chi connectivity index (χ3v) is 5.17. The van der Waals surface area contributed by atoms with Crippen molar-refractivity contribution >= 4 is 11.8 Å². The number of unbranched alkanes of at least 4 members (excludes halogenated alkanes) is 3. The Morgan fingerprint density at radius 1 is 0.793 bits per heavy atom. The third kappa shape index (κ3) is 4.80. The van der Waals surface area contributed by atoms with E-state index < -0.39 is 5.97 Å². The van der Waals surface area contributed by atoms with Crippen molar-refractivity contribution < 1.29 is 14.7 Å². The zero-order valence-corrected chi connectivity index (χ0v) is 16.7. The molecule has 3 rings (SSSR count). The molecule has 0 saturated carbocycles. The van der Waals surface area contributed by atoms with E-state index in [1.165, 1.54) is 0 Å². The standard InChI is InChI=1S/C26H26O3/c1-2-3-4-11-16-22-21(19-12-7-5-8-13-19)17-18-23(24(22)26(28)29)25(27)20-14-9-6-10-15-20/h5-10,12-15,17-18H,2-4,11,16H2,1H3,(H,28,29). The van der Waals surface area contributed by atoms with E-state index in [1.54, 1.807) is 30.3 Å². The van der Waals surface area contributed by atoms with Gasteiger partial charge in [-0.2, -0.15) is 0 Å². The molecule has 148 valence electrons. The number of rotatable bonds is 9. The first kappa shape index (κ1) is 20.5. The number of benzene rings is 3. The largest absolute Gasteiger partial charge is 0.478 e. The molecular formula is C26H26O3. The van der Waals surface area contributed by atoms with Crippen LogP contribution in [0.4, 0.5) is 0 Å². The molecule has 0 bridgehead atoms. The second-order valence-corrected chi connectivity index (χ2v) is 7.19. The molecule has 0 aliphatic heterocycles. The predicted molar refractivity (Wildman–Crippen MR) is 117 cm³/mol. The molecule has 3 aromatic carbocycles. The summed E-state index contributed by atoms with van der Waals surface area (Å²) in [7, 11) is 0. The molecule has 3 heteroatoms. The number of carbonyl (C=O) groups excluding carboxylic acids is 1. The lowest BCUT2D eigenvalue weighted by molar-refractivity contribution is 0.0691. The Labute approximate surface area is 172 Å². The Bertz CT molecular complexity index is 976. The molecule has 0 heterocycles. The van der Waals surface area contributed by atoms with Gasteiger partial charge in [-0.1, -0.05) is 92.9 Å². The van der Waals surface area contributed by atoms with Gasteiger partial charge in [0.15, 0.2) is 5.78 Å². The van der Waals surface area contributed by atoms with Gasteiger partial charge in [-0.3, -0.25) is 4.79 Å². The minimum atomic E-state index is -1.05. The van der Waals surface area contributed by atoms with E-state index in [4.69, 9.17) is 0 Å².